The average molecular weight is 361 g/mol. The van der Waals surface area contributed by atoms with Gasteiger partial charge in [0.25, 0.3) is 0 Å². The minimum absolute atomic E-state index is 0.189. The van der Waals surface area contributed by atoms with Crippen LogP contribution in [0.25, 0.3) is 6.08 Å². The summed E-state index contributed by atoms with van der Waals surface area (Å²) in [5.74, 6) is 1.01. The minimum Gasteiger partial charge on any atom is -0.399 e. The molecule has 3 rings (SSSR count). The Kier molecular flexibility index (Phi) is 5.16. The number of allylic oxidation sites excluding steroid dienone is 2. The van der Waals surface area contributed by atoms with Crippen molar-refractivity contribution in [2.24, 2.45) is 13.0 Å². The molecule has 7 heteroatoms. The summed E-state index contributed by atoms with van der Waals surface area (Å²) in [7, 11) is 1.51. The first-order chi connectivity index (χ1) is 12.1. The van der Waals surface area contributed by atoms with Crippen molar-refractivity contribution in [2.45, 2.75) is 45.4 Å². The van der Waals surface area contributed by atoms with E-state index >= 15 is 0 Å². The molecular formula is C19H29BFN3O2. The summed E-state index contributed by atoms with van der Waals surface area (Å²) in [5.41, 5.74) is 1.05. The molecule has 3 heterocycles. The maximum atomic E-state index is 12.6. The summed E-state index contributed by atoms with van der Waals surface area (Å²) in [5, 5.41) is 0. The molecule has 2 aliphatic heterocycles. The molecule has 0 saturated carbocycles. The van der Waals surface area contributed by atoms with Crippen molar-refractivity contribution in [3.63, 3.8) is 0 Å². The van der Waals surface area contributed by atoms with Crippen LogP contribution in [0.4, 0.5) is 4.39 Å². The van der Waals surface area contributed by atoms with Crippen LogP contribution in [0.2, 0.25) is 0 Å². The predicted molar refractivity (Wildman–Crippen MR) is 102 cm³/mol. The van der Waals surface area contributed by atoms with E-state index in [-0.39, 0.29) is 12.6 Å². The highest BCUT2D eigenvalue weighted by Crippen LogP contribution is 2.39. The SMILES string of the molecule is C=C/C(=C\c1nc(CN2CC(CF)C2)cn1C)B1OC(C)(C)C(C)(C)O1. The van der Waals surface area contributed by atoms with Gasteiger partial charge >= 0.3 is 7.12 Å². The molecule has 0 N–H and O–H groups in total. The topological polar surface area (TPSA) is 39.5 Å². The zero-order valence-electron chi connectivity index (χ0n) is 16.5. The van der Waals surface area contributed by atoms with E-state index in [2.05, 4.69) is 11.5 Å². The number of aryl methyl sites for hydroxylation is 1. The number of hydrogen-bond acceptors (Lipinski definition) is 4. The third kappa shape index (κ3) is 3.66. The fourth-order valence-electron chi connectivity index (χ4n) is 3.24. The molecule has 0 aromatic carbocycles. The second kappa shape index (κ2) is 6.95. The van der Waals surface area contributed by atoms with E-state index < -0.39 is 18.3 Å². The lowest BCUT2D eigenvalue weighted by molar-refractivity contribution is 0.00578. The van der Waals surface area contributed by atoms with Crippen molar-refractivity contribution in [1.82, 2.24) is 14.5 Å². The van der Waals surface area contributed by atoms with Crippen molar-refractivity contribution in [2.75, 3.05) is 19.8 Å². The lowest BCUT2D eigenvalue weighted by Crippen LogP contribution is -2.46. The standard InChI is InChI=1S/C19H29BFN3O2/c1-7-15(20-25-18(2,3)19(4,5)26-20)8-17-22-16(12-23(17)6)13-24-10-14(9-21)11-24/h7-8,12,14H,1,9-11,13H2,2-6H3/b15-8+. The van der Waals surface area contributed by atoms with Crippen molar-refractivity contribution >= 4 is 13.2 Å². The van der Waals surface area contributed by atoms with Gasteiger partial charge < -0.3 is 13.9 Å². The molecule has 0 atom stereocenters. The number of hydrogen-bond donors (Lipinski definition) is 0. The fraction of sp³-hybridized carbons (Fsp3) is 0.632. The number of nitrogens with zero attached hydrogens (tertiary/aromatic N) is 3. The van der Waals surface area contributed by atoms with Crippen LogP contribution < -0.4 is 0 Å². The maximum absolute atomic E-state index is 12.6. The summed E-state index contributed by atoms with van der Waals surface area (Å²) in [6, 6.07) is 0. The first-order valence-corrected chi connectivity index (χ1v) is 9.15. The molecule has 142 valence electrons. The van der Waals surface area contributed by atoms with Gasteiger partial charge in [0.1, 0.15) is 5.82 Å². The molecule has 0 radical (unpaired) electrons. The first-order valence-electron chi connectivity index (χ1n) is 9.15. The highest BCUT2D eigenvalue weighted by molar-refractivity contribution is 6.56. The molecule has 5 nitrogen and oxygen atoms in total. The van der Waals surface area contributed by atoms with E-state index in [1.807, 2.05) is 51.6 Å². The smallest absolute Gasteiger partial charge is 0.399 e. The Bertz CT molecular complexity index is 692. The van der Waals surface area contributed by atoms with Crippen LogP contribution in [-0.2, 0) is 22.9 Å². The van der Waals surface area contributed by atoms with Gasteiger partial charge in [-0.1, -0.05) is 12.7 Å². The van der Waals surface area contributed by atoms with Gasteiger partial charge in [0, 0.05) is 38.8 Å². The highest BCUT2D eigenvalue weighted by Gasteiger charge is 2.52. The molecule has 0 spiro atoms. The summed E-state index contributed by atoms with van der Waals surface area (Å²) >= 11 is 0. The van der Waals surface area contributed by atoms with Crippen LogP contribution >= 0.6 is 0 Å². The van der Waals surface area contributed by atoms with Crippen LogP contribution in [0.3, 0.4) is 0 Å². The Hall–Kier alpha value is -1.44. The van der Waals surface area contributed by atoms with Gasteiger partial charge in [-0.05, 0) is 39.2 Å². The number of alkyl halides is 1. The lowest BCUT2D eigenvalue weighted by atomic mass is 9.78. The Morgan fingerprint density at radius 2 is 1.96 bits per heavy atom. The third-order valence-corrected chi connectivity index (χ3v) is 5.66. The molecule has 0 aliphatic carbocycles. The van der Waals surface area contributed by atoms with Crippen LogP contribution in [0.5, 0.6) is 0 Å². The first kappa shape index (κ1) is 19.3. The third-order valence-electron chi connectivity index (χ3n) is 5.66. The molecule has 2 saturated heterocycles. The molecule has 0 amide bonds. The molecule has 26 heavy (non-hydrogen) atoms. The number of aromatic nitrogens is 2. The second-order valence-electron chi connectivity index (χ2n) is 8.35. The maximum Gasteiger partial charge on any atom is 0.494 e. The quantitative estimate of drug-likeness (QED) is 0.577. The molecule has 2 aliphatic rings. The minimum atomic E-state index is -0.460. The van der Waals surface area contributed by atoms with Crippen LogP contribution in [0, 0.1) is 5.92 Å². The fourth-order valence-corrected chi connectivity index (χ4v) is 3.24. The molecule has 1 aromatic heterocycles. The van der Waals surface area contributed by atoms with Crippen molar-refractivity contribution in [1.29, 1.82) is 0 Å². The van der Waals surface area contributed by atoms with Gasteiger partial charge in [-0.25, -0.2) is 4.98 Å². The van der Waals surface area contributed by atoms with Gasteiger partial charge in [0.15, 0.2) is 0 Å². The summed E-state index contributed by atoms with van der Waals surface area (Å²) in [6.45, 7) is 14.2. The van der Waals surface area contributed by atoms with Gasteiger partial charge in [0.2, 0.25) is 0 Å². The Labute approximate surface area is 156 Å². The van der Waals surface area contributed by atoms with Crippen molar-refractivity contribution in [3.05, 3.63) is 35.8 Å². The van der Waals surface area contributed by atoms with Crippen LogP contribution in [0.15, 0.2) is 24.3 Å². The monoisotopic (exact) mass is 361 g/mol. The van der Waals surface area contributed by atoms with E-state index in [1.54, 1.807) is 6.08 Å². The molecule has 0 bridgehead atoms. The number of imidazole rings is 1. The zero-order valence-corrected chi connectivity index (χ0v) is 16.5. The Morgan fingerprint density at radius 3 is 2.50 bits per heavy atom. The second-order valence-corrected chi connectivity index (χ2v) is 8.35. The Balaban J connectivity index is 1.73. The van der Waals surface area contributed by atoms with E-state index in [0.717, 1.165) is 36.6 Å². The normalized spacial score (nSPS) is 23.3. The Morgan fingerprint density at radius 1 is 1.35 bits per heavy atom. The summed E-state index contributed by atoms with van der Waals surface area (Å²) in [4.78, 5) is 6.92. The number of likely N-dealkylation sites (tertiary alicyclic amines) is 1. The average Bonchev–Trinajstić information content (AvgIpc) is 2.96. The molecule has 0 unspecified atom stereocenters. The number of rotatable bonds is 6. The predicted octanol–water partition coefficient (Wildman–Crippen LogP) is 3.02. The van der Waals surface area contributed by atoms with Crippen LogP contribution in [0.1, 0.15) is 39.2 Å². The van der Waals surface area contributed by atoms with E-state index in [9.17, 15) is 4.39 Å². The molecule has 2 fully saturated rings. The molecule has 1 aromatic rings. The van der Waals surface area contributed by atoms with Crippen LogP contribution in [-0.4, -0.2) is 52.5 Å². The zero-order chi connectivity index (χ0) is 19.1. The number of halogens is 1. The van der Waals surface area contributed by atoms with E-state index in [1.165, 1.54) is 0 Å². The van der Waals surface area contributed by atoms with E-state index in [0.29, 0.717) is 0 Å². The van der Waals surface area contributed by atoms with Crippen molar-refractivity contribution < 1.29 is 13.7 Å². The van der Waals surface area contributed by atoms with Gasteiger partial charge in [0.05, 0.1) is 23.6 Å². The molecular weight excluding hydrogens is 332 g/mol. The van der Waals surface area contributed by atoms with Gasteiger partial charge in [-0.3, -0.25) is 9.29 Å². The van der Waals surface area contributed by atoms with Gasteiger partial charge in [-0.15, -0.1) is 0 Å². The van der Waals surface area contributed by atoms with Crippen molar-refractivity contribution in [3.8, 4) is 0 Å². The van der Waals surface area contributed by atoms with Gasteiger partial charge in [-0.2, -0.15) is 0 Å². The largest absolute Gasteiger partial charge is 0.494 e. The highest BCUT2D eigenvalue weighted by atomic mass is 19.1. The summed E-state index contributed by atoms with van der Waals surface area (Å²) in [6.07, 6.45) is 5.73. The van der Waals surface area contributed by atoms with E-state index in [4.69, 9.17) is 14.3 Å². The summed E-state index contributed by atoms with van der Waals surface area (Å²) < 4.78 is 26.8. The lowest BCUT2D eigenvalue weighted by Gasteiger charge is -2.37.